The van der Waals surface area contributed by atoms with Crippen LogP contribution in [0.1, 0.15) is 0 Å². The summed E-state index contributed by atoms with van der Waals surface area (Å²) in [4.78, 5) is 28.0. The number of nitrogens with one attached hydrogen (secondary N) is 2. The Bertz CT molecular complexity index is 671. The Morgan fingerprint density at radius 3 is 2.40 bits per heavy atom. The van der Waals surface area contributed by atoms with Crippen LogP contribution >= 0.6 is 0 Å². The Hall–Kier alpha value is -1.49. The molecule has 3 N–H and O–H groups in total. The normalized spacial score (nSPS) is 18.2. The van der Waals surface area contributed by atoms with Crippen molar-refractivity contribution in [3.63, 3.8) is 0 Å². The first-order valence-electron chi connectivity index (χ1n) is 6.10. The number of hydrogen-bond acceptors (Lipinski definition) is 6. The molecule has 0 radical (unpaired) electrons. The molecule has 0 atom stereocenters. The van der Waals surface area contributed by atoms with Crippen LogP contribution in [0.4, 0.5) is 0 Å². The van der Waals surface area contributed by atoms with Gasteiger partial charge >= 0.3 is 5.69 Å². The van der Waals surface area contributed by atoms with Gasteiger partial charge in [-0.1, -0.05) is 0 Å². The maximum atomic E-state index is 12.3. The maximum absolute atomic E-state index is 12.3. The lowest BCUT2D eigenvalue weighted by Crippen LogP contribution is -2.50. The molecule has 1 fully saturated rings. The molecule has 10 heteroatoms. The summed E-state index contributed by atoms with van der Waals surface area (Å²) in [7, 11) is -3.92. The van der Waals surface area contributed by atoms with Gasteiger partial charge in [0.1, 0.15) is 0 Å². The predicted octanol–water partition coefficient (Wildman–Crippen LogP) is -2.64. The molecule has 1 aliphatic heterocycles. The molecule has 1 aliphatic rings. The van der Waals surface area contributed by atoms with Gasteiger partial charge in [-0.2, -0.15) is 4.31 Å². The second kappa shape index (κ2) is 5.87. The molecule has 0 bridgehead atoms. The van der Waals surface area contributed by atoms with Crippen LogP contribution in [-0.4, -0.2) is 72.0 Å². The van der Waals surface area contributed by atoms with Gasteiger partial charge in [0.05, 0.1) is 6.61 Å². The van der Waals surface area contributed by atoms with E-state index in [1.807, 2.05) is 9.88 Å². The van der Waals surface area contributed by atoms with E-state index in [9.17, 15) is 18.0 Å². The molecule has 2 rings (SSSR count). The van der Waals surface area contributed by atoms with E-state index in [-0.39, 0.29) is 19.7 Å². The van der Waals surface area contributed by atoms with Crippen LogP contribution in [-0.2, 0) is 10.0 Å². The third-order valence-corrected chi connectivity index (χ3v) is 5.05. The Labute approximate surface area is 114 Å². The molecular formula is C10H16N4O5S. The zero-order chi connectivity index (χ0) is 14.8. The van der Waals surface area contributed by atoms with Gasteiger partial charge in [0.2, 0.25) is 10.0 Å². The van der Waals surface area contributed by atoms with Crippen LogP contribution in [0, 0.1) is 0 Å². The molecule has 1 aromatic heterocycles. The van der Waals surface area contributed by atoms with Gasteiger partial charge in [-0.3, -0.25) is 14.7 Å². The third kappa shape index (κ3) is 2.98. The number of piperazine rings is 1. The number of aromatic nitrogens is 2. The van der Waals surface area contributed by atoms with Crippen molar-refractivity contribution in [1.29, 1.82) is 0 Å². The fourth-order valence-electron chi connectivity index (χ4n) is 2.06. The van der Waals surface area contributed by atoms with E-state index >= 15 is 0 Å². The number of hydrogen-bond donors (Lipinski definition) is 3. The summed E-state index contributed by atoms with van der Waals surface area (Å²) in [5, 5.41) is 8.83. The van der Waals surface area contributed by atoms with Gasteiger partial charge in [-0.25, -0.2) is 13.2 Å². The summed E-state index contributed by atoms with van der Waals surface area (Å²) >= 11 is 0. The molecular weight excluding hydrogens is 288 g/mol. The predicted molar refractivity (Wildman–Crippen MR) is 70.0 cm³/mol. The van der Waals surface area contributed by atoms with Crippen LogP contribution in [0.15, 0.2) is 20.7 Å². The average molecular weight is 304 g/mol. The molecule has 9 nitrogen and oxygen atoms in total. The van der Waals surface area contributed by atoms with Crippen molar-refractivity contribution >= 4 is 10.0 Å². The Morgan fingerprint density at radius 1 is 1.20 bits per heavy atom. The number of sulfonamides is 1. The zero-order valence-electron chi connectivity index (χ0n) is 10.7. The quantitative estimate of drug-likeness (QED) is 0.558. The number of β-amino-alcohol motifs (C(OH)–C–C–N with tert-alkyl or cyclic N) is 1. The number of aliphatic hydroxyl groups excluding tert-OH is 1. The molecule has 0 aliphatic carbocycles. The lowest BCUT2D eigenvalue weighted by molar-refractivity contribution is 0.151. The lowest BCUT2D eigenvalue weighted by Gasteiger charge is -2.33. The minimum absolute atomic E-state index is 0.0202. The molecule has 20 heavy (non-hydrogen) atoms. The molecule has 0 amide bonds. The fourth-order valence-corrected chi connectivity index (χ4v) is 3.48. The second-order valence-corrected chi connectivity index (χ2v) is 6.31. The van der Waals surface area contributed by atoms with Gasteiger partial charge in [-0.15, -0.1) is 0 Å². The molecule has 112 valence electrons. The highest BCUT2D eigenvalue weighted by Crippen LogP contribution is 2.12. The zero-order valence-corrected chi connectivity index (χ0v) is 11.5. The van der Waals surface area contributed by atoms with Crippen molar-refractivity contribution in [3.8, 4) is 0 Å². The van der Waals surface area contributed by atoms with Crippen molar-refractivity contribution < 1.29 is 13.5 Å². The maximum Gasteiger partial charge on any atom is 0.325 e. The van der Waals surface area contributed by atoms with Gasteiger partial charge in [0.15, 0.2) is 4.90 Å². The number of nitrogens with zero attached hydrogens (tertiary/aromatic N) is 2. The highest BCUT2D eigenvalue weighted by molar-refractivity contribution is 7.89. The number of H-pyrrole nitrogens is 2. The standard InChI is InChI=1S/C10H16N4O5S/c15-6-5-13-1-3-14(4-2-13)20(18,19)8-7-11-10(17)12-9(8)16/h7,15H,1-6H2,(H2,11,12,16,17). The van der Waals surface area contributed by atoms with Crippen molar-refractivity contribution in [2.45, 2.75) is 4.90 Å². The van der Waals surface area contributed by atoms with Gasteiger partial charge < -0.3 is 10.1 Å². The minimum atomic E-state index is -3.92. The minimum Gasteiger partial charge on any atom is -0.395 e. The van der Waals surface area contributed by atoms with Crippen molar-refractivity contribution in [2.24, 2.45) is 0 Å². The molecule has 0 spiro atoms. The highest BCUT2D eigenvalue weighted by Gasteiger charge is 2.30. The van der Waals surface area contributed by atoms with Crippen molar-refractivity contribution in [3.05, 3.63) is 27.0 Å². The molecule has 2 heterocycles. The van der Waals surface area contributed by atoms with Crippen LogP contribution < -0.4 is 11.2 Å². The first-order chi connectivity index (χ1) is 9.45. The fraction of sp³-hybridized carbons (Fsp3) is 0.600. The molecule has 1 saturated heterocycles. The largest absolute Gasteiger partial charge is 0.395 e. The molecule has 0 saturated carbocycles. The first kappa shape index (κ1) is 14.9. The van der Waals surface area contributed by atoms with Gasteiger partial charge in [0, 0.05) is 38.9 Å². The first-order valence-corrected chi connectivity index (χ1v) is 7.54. The highest BCUT2D eigenvalue weighted by atomic mass is 32.2. The lowest BCUT2D eigenvalue weighted by atomic mass is 10.4. The summed E-state index contributed by atoms with van der Waals surface area (Å²) < 4.78 is 25.8. The number of aliphatic hydroxyl groups is 1. The molecule has 0 unspecified atom stereocenters. The average Bonchev–Trinajstić information content (AvgIpc) is 2.39. The van der Waals surface area contributed by atoms with E-state index in [0.29, 0.717) is 19.6 Å². The van der Waals surface area contributed by atoms with E-state index in [2.05, 4.69) is 4.98 Å². The summed E-state index contributed by atoms with van der Waals surface area (Å²) in [6.45, 7) is 1.96. The summed E-state index contributed by atoms with van der Waals surface area (Å²) in [6.07, 6.45) is 0.913. The van der Waals surface area contributed by atoms with Gasteiger partial charge in [0.25, 0.3) is 5.56 Å². The second-order valence-electron chi connectivity index (χ2n) is 4.41. The molecule has 0 aromatic carbocycles. The summed E-state index contributed by atoms with van der Waals surface area (Å²) in [6, 6.07) is 0. The Balaban J connectivity index is 2.20. The Kier molecular flexibility index (Phi) is 4.38. The van der Waals surface area contributed by atoms with E-state index < -0.39 is 26.2 Å². The summed E-state index contributed by atoms with van der Waals surface area (Å²) in [5.74, 6) is 0. The van der Waals surface area contributed by atoms with E-state index in [4.69, 9.17) is 5.11 Å². The topological polar surface area (TPSA) is 127 Å². The van der Waals surface area contributed by atoms with E-state index in [0.717, 1.165) is 6.20 Å². The number of aromatic amines is 2. The monoisotopic (exact) mass is 304 g/mol. The number of rotatable bonds is 4. The van der Waals surface area contributed by atoms with E-state index in [1.165, 1.54) is 4.31 Å². The Morgan fingerprint density at radius 2 is 1.85 bits per heavy atom. The smallest absolute Gasteiger partial charge is 0.325 e. The van der Waals surface area contributed by atoms with Crippen molar-refractivity contribution in [1.82, 2.24) is 19.2 Å². The third-order valence-electron chi connectivity index (χ3n) is 3.15. The van der Waals surface area contributed by atoms with Crippen LogP contribution in [0.2, 0.25) is 0 Å². The van der Waals surface area contributed by atoms with Crippen LogP contribution in [0.5, 0.6) is 0 Å². The summed E-state index contributed by atoms with van der Waals surface area (Å²) in [5.41, 5.74) is -1.67. The SMILES string of the molecule is O=c1[nH]cc(S(=O)(=O)N2CCN(CCO)CC2)c(=O)[nH]1. The van der Waals surface area contributed by atoms with Crippen molar-refractivity contribution in [2.75, 3.05) is 39.3 Å². The van der Waals surface area contributed by atoms with Crippen LogP contribution in [0.3, 0.4) is 0 Å². The van der Waals surface area contributed by atoms with Crippen LogP contribution in [0.25, 0.3) is 0 Å². The van der Waals surface area contributed by atoms with Gasteiger partial charge in [-0.05, 0) is 0 Å². The molecule has 1 aromatic rings. The van der Waals surface area contributed by atoms with E-state index in [1.54, 1.807) is 0 Å².